The maximum absolute atomic E-state index is 12.1. The highest BCUT2D eigenvalue weighted by Crippen LogP contribution is 2.31. The van der Waals surface area contributed by atoms with Crippen LogP contribution in [0.4, 0.5) is 18.3 Å². The molecule has 3 nitrogen and oxygen atoms in total. The number of hydrogen-bond donors (Lipinski definition) is 1. The maximum atomic E-state index is 12.1. The largest absolute Gasteiger partial charge is 0.434 e. The molecule has 1 N–H and O–H groups in total. The molecule has 7 heteroatoms. The average molecular weight is 226 g/mol. The minimum absolute atomic E-state index is 0.259. The molecule has 1 aromatic heterocycles. The Balaban J connectivity index is 2.51. The fraction of sp³-hybridized carbons (Fsp3) is 0.571. The van der Waals surface area contributed by atoms with E-state index in [4.69, 9.17) is 4.74 Å². The van der Waals surface area contributed by atoms with Gasteiger partial charge in [0.15, 0.2) is 10.8 Å². The van der Waals surface area contributed by atoms with E-state index in [1.54, 1.807) is 0 Å². The van der Waals surface area contributed by atoms with Gasteiger partial charge in [-0.2, -0.15) is 13.2 Å². The van der Waals surface area contributed by atoms with Crippen molar-refractivity contribution in [1.29, 1.82) is 0 Å². The van der Waals surface area contributed by atoms with Crippen LogP contribution in [0.1, 0.15) is 5.69 Å². The molecule has 0 amide bonds. The summed E-state index contributed by atoms with van der Waals surface area (Å²) in [5.41, 5.74) is -0.859. The zero-order valence-electron chi connectivity index (χ0n) is 7.39. The number of thiazole rings is 1. The molecule has 0 atom stereocenters. The second kappa shape index (κ2) is 4.61. The van der Waals surface area contributed by atoms with Gasteiger partial charge < -0.3 is 10.1 Å². The van der Waals surface area contributed by atoms with Gasteiger partial charge in [0.1, 0.15) is 0 Å². The summed E-state index contributed by atoms with van der Waals surface area (Å²) in [6, 6.07) is 0. The second-order valence-corrected chi connectivity index (χ2v) is 3.31. The third-order valence-electron chi connectivity index (χ3n) is 1.38. The first-order chi connectivity index (χ1) is 6.54. The van der Waals surface area contributed by atoms with Crippen LogP contribution < -0.4 is 5.32 Å². The number of nitrogens with one attached hydrogen (secondary N) is 1. The zero-order valence-corrected chi connectivity index (χ0v) is 8.21. The summed E-state index contributed by atoms with van der Waals surface area (Å²) in [5, 5.41) is 3.96. The maximum Gasteiger partial charge on any atom is 0.434 e. The van der Waals surface area contributed by atoms with Crippen LogP contribution in [0.15, 0.2) is 5.38 Å². The minimum Gasteiger partial charge on any atom is -0.383 e. The number of alkyl halides is 3. The van der Waals surface area contributed by atoms with Gasteiger partial charge in [-0.1, -0.05) is 0 Å². The molecule has 80 valence electrons. The van der Waals surface area contributed by atoms with E-state index in [2.05, 4.69) is 10.3 Å². The lowest BCUT2D eigenvalue weighted by atomic mass is 10.5. The van der Waals surface area contributed by atoms with Gasteiger partial charge >= 0.3 is 6.18 Å². The minimum atomic E-state index is -4.36. The predicted molar refractivity (Wildman–Crippen MR) is 47.5 cm³/mol. The monoisotopic (exact) mass is 226 g/mol. The summed E-state index contributed by atoms with van der Waals surface area (Å²) in [6.07, 6.45) is -4.36. The summed E-state index contributed by atoms with van der Waals surface area (Å²) in [5.74, 6) is 0. The van der Waals surface area contributed by atoms with Crippen molar-refractivity contribution < 1.29 is 17.9 Å². The van der Waals surface area contributed by atoms with E-state index in [0.717, 1.165) is 16.7 Å². The van der Waals surface area contributed by atoms with Crippen LogP contribution in [-0.2, 0) is 10.9 Å². The third-order valence-corrected chi connectivity index (χ3v) is 2.18. The fourth-order valence-electron chi connectivity index (χ4n) is 0.745. The summed E-state index contributed by atoms with van der Waals surface area (Å²) < 4.78 is 41.0. The Kier molecular flexibility index (Phi) is 3.70. The van der Waals surface area contributed by atoms with Gasteiger partial charge in [0.25, 0.3) is 0 Å². The average Bonchev–Trinajstić information content (AvgIpc) is 2.52. The van der Waals surface area contributed by atoms with E-state index in [-0.39, 0.29) is 5.13 Å². The van der Waals surface area contributed by atoms with E-state index < -0.39 is 11.9 Å². The quantitative estimate of drug-likeness (QED) is 0.799. The van der Waals surface area contributed by atoms with Crippen LogP contribution in [0, 0.1) is 0 Å². The van der Waals surface area contributed by atoms with Crippen molar-refractivity contribution in [2.45, 2.75) is 6.18 Å². The molecular formula is C7H9F3N2OS. The molecule has 14 heavy (non-hydrogen) atoms. The van der Waals surface area contributed by atoms with Crippen molar-refractivity contribution in [1.82, 2.24) is 4.98 Å². The first-order valence-electron chi connectivity index (χ1n) is 3.79. The number of hydrogen-bond acceptors (Lipinski definition) is 4. The van der Waals surface area contributed by atoms with Crippen molar-refractivity contribution >= 4 is 16.5 Å². The van der Waals surface area contributed by atoms with Crippen molar-refractivity contribution in [2.75, 3.05) is 25.6 Å². The Bertz CT molecular complexity index is 287. The van der Waals surface area contributed by atoms with Gasteiger partial charge in [0.2, 0.25) is 0 Å². The second-order valence-electron chi connectivity index (χ2n) is 2.46. The Morgan fingerprint density at radius 2 is 2.29 bits per heavy atom. The van der Waals surface area contributed by atoms with E-state index in [9.17, 15) is 13.2 Å². The first-order valence-corrected chi connectivity index (χ1v) is 4.67. The first kappa shape index (κ1) is 11.3. The normalized spacial score (nSPS) is 11.7. The number of nitrogens with zero attached hydrogens (tertiary/aromatic N) is 1. The Labute approximate surface area is 82.9 Å². The molecule has 1 heterocycles. The molecule has 1 aromatic rings. The molecule has 1 rings (SSSR count). The number of halogens is 3. The molecule has 0 aromatic carbocycles. The van der Waals surface area contributed by atoms with Gasteiger partial charge in [0.05, 0.1) is 6.61 Å². The lowest BCUT2D eigenvalue weighted by Crippen LogP contribution is -2.09. The number of methoxy groups -OCH3 is 1. The Hall–Kier alpha value is -0.820. The molecular weight excluding hydrogens is 217 g/mol. The molecule has 0 saturated heterocycles. The van der Waals surface area contributed by atoms with E-state index in [1.807, 2.05) is 0 Å². The van der Waals surface area contributed by atoms with Gasteiger partial charge in [-0.3, -0.25) is 0 Å². The topological polar surface area (TPSA) is 34.1 Å². The standard InChI is InChI=1S/C7H9F3N2OS/c1-13-3-2-11-6-12-5(4-14-6)7(8,9)10/h4H,2-3H2,1H3,(H,11,12). The lowest BCUT2D eigenvalue weighted by molar-refractivity contribution is -0.140. The van der Waals surface area contributed by atoms with E-state index in [1.165, 1.54) is 7.11 Å². The summed E-state index contributed by atoms with van der Waals surface area (Å²) in [4.78, 5) is 3.38. The Morgan fingerprint density at radius 3 is 2.79 bits per heavy atom. The molecule has 0 aliphatic heterocycles. The van der Waals surface area contributed by atoms with Crippen LogP contribution >= 0.6 is 11.3 Å². The number of aromatic nitrogens is 1. The van der Waals surface area contributed by atoms with Gasteiger partial charge in [0, 0.05) is 19.0 Å². The van der Waals surface area contributed by atoms with Gasteiger partial charge in [-0.25, -0.2) is 4.98 Å². The molecule has 0 unspecified atom stereocenters. The van der Waals surface area contributed by atoms with Gasteiger partial charge in [-0.05, 0) is 0 Å². The molecule has 0 radical (unpaired) electrons. The third kappa shape index (κ3) is 3.15. The smallest absolute Gasteiger partial charge is 0.383 e. The molecule has 0 spiro atoms. The number of ether oxygens (including phenoxy) is 1. The highest BCUT2D eigenvalue weighted by molar-refractivity contribution is 7.13. The van der Waals surface area contributed by atoms with Crippen LogP contribution in [0.25, 0.3) is 0 Å². The highest BCUT2D eigenvalue weighted by atomic mass is 32.1. The summed E-state index contributed by atoms with van der Waals surface area (Å²) in [7, 11) is 1.52. The lowest BCUT2D eigenvalue weighted by Gasteiger charge is -2.01. The fourth-order valence-corrected chi connectivity index (χ4v) is 1.49. The molecule has 0 aliphatic rings. The van der Waals surface area contributed by atoms with Crippen molar-refractivity contribution in [3.63, 3.8) is 0 Å². The van der Waals surface area contributed by atoms with E-state index in [0.29, 0.717) is 13.2 Å². The zero-order chi connectivity index (χ0) is 10.6. The number of rotatable bonds is 4. The highest BCUT2D eigenvalue weighted by Gasteiger charge is 2.33. The molecule has 0 fully saturated rings. The SMILES string of the molecule is COCCNc1nc(C(F)(F)F)cs1. The van der Waals surface area contributed by atoms with Crippen LogP contribution in [0.5, 0.6) is 0 Å². The summed E-state index contributed by atoms with van der Waals surface area (Å²) >= 11 is 0.929. The molecule has 0 bridgehead atoms. The van der Waals surface area contributed by atoms with Crippen molar-refractivity contribution in [3.8, 4) is 0 Å². The summed E-state index contributed by atoms with van der Waals surface area (Å²) in [6.45, 7) is 0.877. The van der Waals surface area contributed by atoms with Crippen molar-refractivity contribution in [3.05, 3.63) is 11.1 Å². The number of anilines is 1. The molecule has 0 saturated carbocycles. The van der Waals surface area contributed by atoms with Crippen LogP contribution in [-0.4, -0.2) is 25.2 Å². The van der Waals surface area contributed by atoms with Crippen LogP contribution in [0.2, 0.25) is 0 Å². The van der Waals surface area contributed by atoms with Crippen LogP contribution in [0.3, 0.4) is 0 Å². The van der Waals surface area contributed by atoms with Crippen molar-refractivity contribution in [2.24, 2.45) is 0 Å². The van der Waals surface area contributed by atoms with Gasteiger partial charge in [-0.15, -0.1) is 11.3 Å². The Morgan fingerprint density at radius 1 is 1.57 bits per heavy atom. The molecule has 0 aliphatic carbocycles. The predicted octanol–water partition coefficient (Wildman–Crippen LogP) is 2.22. The van der Waals surface area contributed by atoms with E-state index >= 15 is 0 Å².